The van der Waals surface area contributed by atoms with Crippen molar-refractivity contribution in [2.45, 2.75) is 0 Å². The molecule has 0 saturated carbocycles. The molecule has 5 nitrogen and oxygen atoms in total. The van der Waals surface area contributed by atoms with Crippen LogP contribution in [0.25, 0.3) is 0 Å². The summed E-state index contributed by atoms with van der Waals surface area (Å²) < 4.78 is 9.74. The molecule has 0 fully saturated rings. The molecule has 0 aliphatic carbocycles. The Bertz CT molecular complexity index is 968. The summed E-state index contributed by atoms with van der Waals surface area (Å²) in [5.74, 6) is 0.712. The molecular weight excluding hydrogens is 341 g/mol. The molecule has 0 unspecified atom stereocenters. The zero-order chi connectivity index (χ0) is 17.8. The summed E-state index contributed by atoms with van der Waals surface area (Å²) in [5, 5.41) is 5.33. The molecule has 0 spiro atoms. The highest BCUT2D eigenvalue weighted by Crippen LogP contribution is 2.50. The molecule has 0 radical (unpaired) electrons. The van der Waals surface area contributed by atoms with Crippen molar-refractivity contribution in [3.8, 4) is 0 Å². The fraction of sp³-hybridized carbons (Fsp3) is 0. The smallest absolute Gasteiger partial charge is 0.231 e. The van der Waals surface area contributed by atoms with E-state index in [1.54, 1.807) is 0 Å². The fourth-order valence-corrected chi connectivity index (χ4v) is 5.51. The molecule has 1 aliphatic heterocycles. The van der Waals surface area contributed by atoms with Crippen LogP contribution in [0.1, 0.15) is 0 Å². The number of aliphatic imine (C=N–C) groups is 1. The molecule has 6 heteroatoms. The zero-order valence-electron chi connectivity index (χ0n) is 14.0. The lowest BCUT2D eigenvalue weighted by atomic mass is 10.3. The molecule has 0 aromatic heterocycles. The third-order valence-electron chi connectivity index (χ3n) is 3.97. The average molecular weight is 359 g/mol. The van der Waals surface area contributed by atoms with Crippen LogP contribution in [0.2, 0.25) is 0 Å². The topological polar surface area (TPSA) is 75.1 Å². The van der Waals surface area contributed by atoms with Gasteiger partial charge in [0.15, 0.2) is 0 Å². The van der Waals surface area contributed by atoms with Crippen molar-refractivity contribution in [2.75, 3.05) is 5.32 Å². The molecule has 1 aliphatic rings. The van der Waals surface area contributed by atoms with E-state index < -0.39 is 7.21 Å². The van der Waals surface area contributed by atoms with E-state index in [0.717, 1.165) is 16.3 Å². The van der Waals surface area contributed by atoms with Gasteiger partial charge in [-0.1, -0.05) is 78.9 Å². The van der Waals surface area contributed by atoms with Gasteiger partial charge < -0.3 is 11.1 Å². The molecule has 3 N–H and O–H groups in total. The van der Waals surface area contributed by atoms with Crippen molar-refractivity contribution in [3.05, 3.63) is 91.0 Å². The number of rotatable bonds is 3. The predicted octanol–water partition coefficient (Wildman–Crippen LogP) is 3.55. The highest BCUT2D eigenvalue weighted by molar-refractivity contribution is 7.80. The van der Waals surface area contributed by atoms with Crippen molar-refractivity contribution >= 4 is 35.4 Å². The van der Waals surface area contributed by atoms with Crippen LogP contribution in [0.15, 0.2) is 105 Å². The van der Waals surface area contributed by atoms with Gasteiger partial charge in [0.1, 0.15) is 7.21 Å². The van der Waals surface area contributed by atoms with Gasteiger partial charge in [-0.15, -0.1) is 0 Å². The first kappa shape index (κ1) is 16.3. The van der Waals surface area contributed by atoms with Gasteiger partial charge in [-0.25, -0.2) is 9.51 Å². The van der Waals surface area contributed by atoms with E-state index >= 15 is 0 Å². The first-order valence-corrected chi connectivity index (χ1v) is 9.96. The van der Waals surface area contributed by atoms with E-state index in [2.05, 4.69) is 10.3 Å². The van der Waals surface area contributed by atoms with Gasteiger partial charge in [0.25, 0.3) is 0 Å². The number of anilines is 1. The van der Waals surface area contributed by atoms with Crippen molar-refractivity contribution in [1.82, 2.24) is 0 Å². The van der Waals surface area contributed by atoms with Crippen molar-refractivity contribution in [2.24, 2.45) is 20.2 Å². The number of guanidine groups is 2. The summed E-state index contributed by atoms with van der Waals surface area (Å²) in [7, 11) is -2.45. The van der Waals surface area contributed by atoms with Gasteiger partial charge in [-0.05, 0) is 12.1 Å². The van der Waals surface area contributed by atoms with E-state index in [-0.39, 0.29) is 5.96 Å². The number of para-hydroxylation sites is 1. The minimum Gasteiger partial charge on any atom is -0.368 e. The summed E-state index contributed by atoms with van der Waals surface area (Å²) >= 11 is 0. The highest BCUT2D eigenvalue weighted by Gasteiger charge is 2.28. The lowest BCUT2D eigenvalue weighted by Crippen LogP contribution is -2.25. The molecule has 0 saturated heterocycles. The lowest BCUT2D eigenvalue weighted by molar-refractivity contribution is 1.41. The van der Waals surface area contributed by atoms with E-state index in [1.165, 1.54) is 0 Å². The average Bonchev–Trinajstić information content (AvgIpc) is 2.69. The quantitative estimate of drug-likeness (QED) is 0.702. The third-order valence-corrected chi connectivity index (χ3v) is 6.98. The van der Waals surface area contributed by atoms with E-state index in [9.17, 15) is 0 Å². The van der Waals surface area contributed by atoms with Crippen LogP contribution in [-0.2, 0) is 0 Å². The van der Waals surface area contributed by atoms with Crippen LogP contribution >= 0.6 is 7.21 Å². The Kier molecular flexibility index (Phi) is 4.38. The maximum atomic E-state index is 6.12. The monoisotopic (exact) mass is 359 g/mol. The van der Waals surface area contributed by atoms with E-state index in [4.69, 9.17) is 15.2 Å². The van der Waals surface area contributed by atoms with Crippen molar-refractivity contribution in [1.29, 1.82) is 0 Å². The summed E-state index contributed by atoms with van der Waals surface area (Å²) in [6, 6.07) is 30.0. The van der Waals surface area contributed by atoms with E-state index in [1.807, 2.05) is 91.0 Å². The first-order chi connectivity index (χ1) is 12.8. The summed E-state index contributed by atoms with van der Waals surface area (Å²) in [4.78, 5) is 4.32. The Labute approximate surface area is 152 Å². The molecule has 26 heavy (non-hydrogen) atoms. The second-order valence-electron chi connectivity index (χ2n) is 5.76. The Hall–Kier alpha value is -3.17. The van der Waals surface area contributed by atoms with Crippen LogP contribution in [0, 0.1) is 0 Å². The van der Waals surface area contributed by atoms with Gasteiger partial charge >= 0.3 is 0 Å². The summed E-state index contributed by atoms with van der Waals surface area (Å²) in [6.07, 6.45) is 0. The molecule has 0 atom stereocenters. The van der Waals surface area contributed by atoms with Gasteiger partial charge in [0.05, 0.1) is 0 Å². The minimum atomic E-state index is -2.45. The first-order valence-electron chi connectivity index (χ1n) is 8.26. The maximum absolute atomic E-state index is 6.12. The number of nitrogens with two attached hydrogens (primary N) is 1. The van der Waals surface area contributed by atoms with Crippen LogP contribution in [0.4, 0.5) is 5.69 Å². The van der Waals surface area contributed by atoms with Gasteiger partial charge in [-0.2, -0.15) is 4.99 Å². The zero-order valence-corrected chi connectivity index (χ0v) is 14.9. The molecule has 0 amide bonds. The fourth-order valence-electron chi connectivity index (χ4n) is 2.82. The Balaban J connectivity index is 1.90. The molecule has 4 rings (SSSR count). The summed E-state index contributed by atoms with van der Waals surface area (Å²) in [5.41, 5.74) is 7.03. The Morgan fingerprint density at radius 1 is 0.692 bits per heavy atom. The van der Waals surface area contributed by atoms with Gasteiger partial charge in [0.2, 0.25) is 11.9 Å². The van der Waals surface area contributed by atoms with Crippen LogP contribution in [-0.4, -0.2) is 11.9 Å². The third kappa shape index (κ3) is 3.17. The standard InChI is InChI=1S/C20H18N5P/c21-19-23-20(22-16-10-4-1-5-11-16)25-26(24-19,17-12-6-2-7-13-17)18-14-8-3-9-15-18/h1-15H,(H3,21,22,23,24). The number of benzene rings is 3. The molecule has 3 aromatic carbocycles. The molecule has 3 aromatic rings. The molecule has 1 heterocycles. The van der Waals surface area contributed by atoms with Gasteiger partial charge in [0, 0.05) is 16.3 Å². The Morgan fingerprint density at radius 3 is 1.73 bits per heavy atom. The normalized spacial score (nSPS) is 15.4. The largest absolute Gasteiger partial charge is 0.368 e. The van der Waals surface area contributed by atoms with Crippen molar-refractivity contribution in [3.63, 3.8) is 0 Å². The van der Waals surface area contributed by atoms with Crippen molar-refractivity contribution < 1.29 is 0 Å². The molecular formula is C20H18N5P. The predicted molar refractivity (Wildman–Crippen MR) is 111 cm³/mol. The SMILES string of the molecule is NC1=NP(c2ccccc2)(c2ccccc2)=NC(Nc2ccccc2)=N1. The number of hydrogen-bond acceptors (Lipinski definition) is 5. The number of hydrogen-bond donors (Lipinski definition) is 2. The second kappa shape index (κ2) is 6.98. The number of nitrogens with zero attached hydrogens (tertiary/aromatic N) is 3. The lowest BCUT2D eigenvalue weighted by Gasteiger charge is -2.24. The van der Waals surface area contributed by atoms with Crippen LogP contribution < -0.4 is 21.7 Å². The maximum Gasteiger partial charge on any atom is 0.231 e. The van der Waals surface area contributed by atoms with Gasteiger partial charge in [-0.3, -0.25) is 0 Å². The summed E-state index contributed by atoms with van der Waals surface area (Å²) in [6.45, 7) is 0. The van der Waals surface area contributed by atoms with Crippen LogP contribution in [0.5, 0.6) is 0 Å². The molecule has 0 bridgehead atoms. The Morgan fingerprint density at radius 2 is 1.19 bits per heavy atom. The number of nitrogens with one attached hydrogen (secondary N) is 1. The van der Waals surface area contributed by atoms with E-state index in [0.29, 0.717) is 5.96 Å². The van der Waals surface area contributed by atoms with Crippen LogP contribution in [0.3, 0.4) is 0 Å². The minimum absolute atomic E-state index is 0.236. The molecule has 128 valence electrons. The second-order valence-corrected chi connectivity index (χ2v) is 8.39. The highest BCUT2D eigenvalue weighted by atomic mass is 31.2.